The van der Waals surface area contributed by atoms with Gasteiger partial charge in [0.1, 0.15) is 0 Å². The topological polar surface area (TPSA) is 3.01 Å². The predicted molar refractivity (Wildman–Crippen MR) is 60.3 cm³/mol. The molecule has 5 unspecified atom stereocenters. The first-order valence-corrected chi connectivity index (χ1v) is 6.12. The SMILES string of the molecule is CCC1CC(S)C2C(C1)N2C(C)C. The van der Waals surface area contributed by atoms with Gasteiger partial charge in [-0.05, 0) is 32.6 Å². The van der Waals surface area contributed by atoms with E-state index in [9.17, 15) is 0 Å². The van der Waals surface area contributed by atoms with Gasteiger partial charge in [0, 0.05) is 23.4 Å². The molecule has 0 bridgehead atoms. The largest absolute Gasteiger partial charge is 0.291 e. The molecule has 0 radical (unpaired) electrons. The van der Waals surface area contributed by atoms with Gasteiger partial charge in [-0.3, -0.25) is 4.90 Å². The van der Waals surface area contributed by atoms with Crippen LogP contribution in [0, 0.1) is 5.92 Å². The predicted octanol–water partition coefficient (Wildman–Crippen LogP) is 2.57. The van der Waals surface area contributed by atoms with Crippen molar-refractivity contribution in [2.45, 2.75) is 63.4 Å². The van der Waals surface area contributed by atoms with Gasteiger partial charge in [-0.25, -0.2) is 0 Å². The van der Waals surface area contributed by atoms with Crippen LogP contribution in [0.3, 0.4) is 0 Å². The maximum atomic E-state index is 4.72. The van der Waals surface area contributed by atoms with Crippen LogP contribution in [0.15, 0.2) is 0 Å². The molecular formula is C11H21NS. The van der Waals surface area contributed by atoms with Crippen LogP contribution in [0.5, 0.6) is 0 Å². The van der Waals surface area contributed by atoms with Gasteiger partial charge in [-0.2, -0.15) is 12.6 Å². The summed E-state index contributed by atoms with van der Waals surface area (Å²) in [5, 5.41) is 0.645. The highest BCUT2D eigenvalue weighted by molar-refractivity contribution is 7.81. The number of hydrogen-bond donors (Lipinski definition) is 1. The van der Waals surface area contributed by atoms with Gasteiger partial charge in [0.2, 0.25) is 0 Å². The molecule has 0 amide bonds. The zero-order valence-corrected chi connectivity index (χ0v) is 9.80. The zero-order valence-electron chi connectivity index (χ0n) is 8.90. The standard InChI is InChI=1S/C11H21NS/c1-4-8-5-9-11(10(13)6-8)12(9)7(2)3/h7-11,13H,4-6H2,1-3H3. The first-order chi connectivity index (χ1) is 6.15. The molecule has 2 rings (SSSR count). The van der Waals surface area contributed by atoms with E-state index in [4.69, 9.17) is 12.6 Å². The maximum Gasteiger partial charge on any atom is 0.0374 e. The van der Waals surface area contributed by atoms with E-state index in [1.807, 2.05) is 0 Å². The van der Waals surface area contributed by atoms with E-state index in [0.29, 0.717) is 5.25 Å². The van der Waals surface area contributed by atoms with Gasteiger partial charge in [0.15, 0.2) is 0 Å². The summed E-state index contributed by atoms with van der Waals surface area (Å²) in [5.41, 5.74) is 0. The van der Waals surface area contributed by atoms with Crippen molar-refractivity contribution in [2.24, 2.45) is 5.92 Å². The molecule has 0 spiro atoms. The molecule has 1 saturated carbocycles. The smallest absolute Gasteiger partial charge is 0.0374 e. The summed E-state index contributed by atoms with van der Waals surface area (Å²) in [6.07, 6.45) is 4.10. The second-order valence-electron chi connectivity index (χ2n) is 4.91. The van der Waals surface area contributed by atoms with Crippen molar-refractivity contribution < 1.29 is 0 Å². The zero-order chi connectivity index (χ0) is 9.59. The minimum Gasteiger partial charge on any atom is -0.291 e. The minimum atomic E-state index is 0.645. The van der Waals surface area contributed by atoms with Crippen molar-refractivity contribution >= 4 is 12.6 Å². The van der Waals surface area contributed by atoms with E-state index in [1.54, 1.807) is 0 Å². The fraction of sp³-hybridized carbons (Fsp3) is 1.00. The van der Waals surface area contributed by atoms with Crippen molar-refractivity contribution in [3.63, 3.8) is 0 Å². The van der Waals surface area contributed by atoms with Crippen molar-refractivity contribution in [1.29, 1.82) is 0 Å². The lowest BCUT2D eigenvalue weighted by Gasteiger charge is -2.22. The highest BCUT2D eigenvalue weighted by Gasteiger charge is 2.55. The summed E-state index contributed by atoms with van der Waals surface area (Å²) in [7, 11) is 0. The average molecular weight is 199 g/mol. The number of hydrogen-bond acceptors (Lipinski definition) is 2. The van der Waals surface area contributed by atoms with E-state index in [0.717, 1.165) is 24.0 Å². The number of rotatable bonds is 2. The first-order valence-electron chi connectivity index (χ1n) is 5.60. The highest BCUT2D eigenvalue weighted by atomic mass is 32.1. The molecule has 1 nitrogen and oxygen atoms in total. The second-order valence-corrected chi connectivity index (χ2v) is 5.58. The normalized spacial score (nSPS) is 49.2. The van der Waals surface area contributed by atoms with Gasteiger partial charge in [0.25, 0.3) is 0 Å². The van der Waals surface area contributed by atoms with Gasteiger partial charge >= 0.3 is 0 Å². The van der Waals surface area contributed by atoms with E-state index in [-0.39, 0.29) is 0 Å². The third kappa shape index (κ3) is 1.63. The number of likely N-dealkylation sites (tertiary alicyclic amines) is 1. The van der Waals surface area contributed by atoms with Crippen molar-refractivity contribution in [2.75, 3.05) is 0 Å². The molecule has 0 aromatic carbocycles. The van der Waals surface area contributed by atoms with Crippen LogP contribution in [0.1, 0.15) is 40.0 Å². The summed E-state index contributed by atoms with van der Waals surface area (Å²) in [6, 6.07) is 2.41. The Hall–Kier alpha value is 0.310. The molecule has 5 atom stereocenters. The van der Waals surface area contributed by atoms with Crippen molar-refractivity contribution in [1.82, 2.24) is 4.90 Å². The van der Waals surface area contributed by atoms with Gasteiger partial charge in [-0.1, -0.05) is 13.3 Å². The summed E-state index contributed by atoms with van der Waals surface area (Å²) in [5.74, 6) is 0.937. The summed E-state index contributed by atoms with van der Waals surface area (Å²) < 4.78 is 0. The van der Waals surface area contributed by atoms with Crippen LogP contribution in [0.25, 0.3) is 0 Å². The molecule has 1 heterocycles. The Morgan fingerprint density at radius 3 is 2.62 bits per heavy atom. The molecule has 1 aliphatic heterocycles. The lowest BCUT2D eigenvalue weighted by molar-refractivity contribution is 0.376. The molecule has 76 valence electrons. The van der Waals surface area contributed by atoms with Crippen LogP contribution < -0.4 is 0 Å². The second kappa shape index (κ2) is 3.47. The third-order valence-electron chi connectivity index (χ3n) is 3.75. The molecule has 0 aromatic heterocycles. The summed E-state index contributed by atoms with van der Waals surface area (Å²) >= 11 is 4.72. The lowest BCUT2D eigenvalue weighted by Crippen LogP contribution is -2.23. The quantitative estimate of drug-likeness (QED) is 0.528. The Morgan fingerprint density at radius 2 is 2.08 bits per heavy atom. The molecule has 13 heavy (non-hydrogen) atoms. The Kier molecular flexibility index (Phi) is 2.63. The van der Waals surface area contributed by atoms with Crippen molar-refractivity contribution in [3.8, 4) is 0 Å². The molecule has 0 N–H and O–H groups in total. The third-order valence-corrected chi connectivity index (χ3v) is 4.27. The monoisotopic (exact) mass is 199 g/mol. The fourth-order valence-electron chi connectivity index (χ4n) is 3.02. The molecular weight excluding hydrogens is 178 g/mol. The van der Waals surface area contributed by atoms with Crippen LogP contribution in [0.2, 0.25) is 0 Å². The van der Waals surface area contributed by atoms with E-state index >= 15 is 0 Å². The molecule has 0 aromatic rings. The fourth-order valence-corrected chi connectivity index (χ4v) is 3.67. The number of thiol groups is 1. The van der Waals surface area contributed by atoms with E-state index < -0.39 is 0 Å². The van der Waals surface area contributed by atoms with Gasteiger partial charge in [0.05, 0.1) is 0 Å². The maximum absolute atomic E-state index is 4.72. The van der Waals surface area contributed by atoms with Crippen LogP contribution in [-0.4, -0.2) is 28.3 Å². The molecule has 2 fully saturated rings. The van der Waals surface area contributed by atoms with Crippen LogP contribution >= 0.6 is 12.6 Å². The Bertz CT molecular complexity index is 189. The molecule has 2 aliphatic rings. The minimum absolute atomic E-state index is 0.645. The van der Waals surface area contributed by atoms with Crippen LogP contribution in [0.4, 0.5) is 0 Å². The summed E-state index contributed by atoms with van der Waals surface area (Å²) in [4.78, 5) is 2.65. The number of nitrogens with zero attached hydrogens (tertiary/aromatic N) is 1. The van der Waals surface area contributed by atoms with E-state index in [1.165, 1.54) is 19.3 Å². The lowest BCUT2D eigenvalue weighted by atomic mass is 9.87. The molecule has 1 aliphatic carbocycles. The molecule has 1 saturated heterocycles. The highest BCUT2D eigenvalue weighted by Crippen LogP contribution is 2.47. The Labute approximate surface area is 87.3 Å². The van der Waals surface area contributed by atoms with Crippen molar-refractivity contribution in [3.05, 3.63) is 0 Å². The van der Waals surface area contributed by atoms with Crippen LogP contribution in [-0.2, 0) is 0 Å². The average Bonchev–Trinajstić information content (AvgIpc) is 2.78. The Balaban J connectivity index is 1.98. The van der Waals surface area contributed by atoms with E-state index in [2.05, 4.69) is 25.7 Å². The summed E-state index contributed by atoms with van der Waals surface area (Å²) in [6.45, 7) is 6.92. The van der Waals surface area contributed by atoms with Gasteiger partial charge < -0.3 is 0 Å². The molecule has 2 heteroatoms. The number of fused-ring (bicyclic) bond motifs is 1. The Morgan fingerprint density at radius 1 is 1.38 bits per heavy atom. The first kappa shape index (κ1) is 9.85. The van der Waals surface area contributed by atoms with Gasteiger partial charge in [-0.15, -0.1) is 0 Å².